The summed E-state index contributed by atoms with van der Waals surface area (Å²) in [5.41, 5.74) is -1.80. The molecule has 0 aromatic heterocycles. The molecule has 8 nitrogen and oxygen atoms in total. The third-order valence-electron chi connectivity index (χ3n) is 7.37. The SMILES string of the molecule is CCOC(=O)c1ccc(N2C(=O)[C@H]3[C@@H](C2=O)C2(O[C@H]3c3ccccc3F)C(=O)c3ccccc3C2=O)cc1. The summed E-state index contributed by atoms with van der Waals surface area (Å²) in [4.78, 5) is 68.2. The number of nitrogens with zero attached hydrogens (tertiary/aromatic N) is 1. The van der Waals surface area contributed by atoms with Crippen LogP contribution in [0.1, 0.15) is 49.7 Å². The summed E-state index contributed by atoms with van der Waals surface area (Å²) in [6, 6.07) is 17.3. The first-order valence-corrected chi connectivity index (χ1v) is 12.1. The van der Waals surface area contributed by atoms with Crippen molar-refractivity contribution >= 4 is 35.0 Å². The second-order valence-corrected chi connectivity index (χ2v) is 9.28. The van der Waals surface area contributed by atoms with Crippen LogP contribution in [-0.2, 0) is 19.1 Å². The standard InChI is InChI=1S/C29H20FNO7/c1-2-37-28(36)15-11-13-16(14-12-15)31-26(34)21-22(27(31)35)29(38-23(21)19-9-5-6-10-20(19)30)24(32)17-7-3-4-8-18(17)25(29)33/h3-14,21-23H,2H2,1H3/t21-,22-,23-/m0/s1. The fourth-order valence-electron chi connectivity index (χ4n) is 5.72. The largest absolute Gasteiger partial charge is 0.462 e. The maximum atomic E-state index is 15.0. The predicted molar refractivity (Wildman–Crippen MR) is 130 cm³/mol. The van der Waals surface area contributed by atoms with E-state index in [4.69, 9.17) is 9.47 Å². The molecule has 2 aliphatic heterocycles. The lowest BCUT2D eigenvalue weighted by Crippen LogP contribution is -2.51. The van der Waals surface area contributed by atoms with E-state index in [2.05, 4.69) is 0 Å². The lowest BCUT2D eigenvalue weighted by Gasteiger charge is -2.27. The van der Waals surface area contributed by atoms with Gasteiger partial charge in [-0.1, -0.05) is 42.5 Å². The van der Waals surface area contributed by atoms with Gasteiger partial charge in [0.1, 0.15) is 5.82 Å². The van der Waals surface area contributed by atoms with Crippen molar-refractivity contribution in [2.75, 3.05) is 11.5 Å². The molecule has 2 amide bonds. The normalized spacial score (nSPS) is 23.2. The van der Waals surface area contributed by atoms with Crippen LogP contribution < -0.4 is 4.90 Å². The number of rotatable bonds is 4. The topological polar surface area (TPSA) is 107 Å². The Kier molecular flexibility index (Phi) is 5.36. The highest BCUT2D eigenvalue weighted by molar-refractivity contribution is 6.37. The van der Waals surface area contributed by atoms with Gasteiger partial charge in [0, 0.05) is 16.7 Å². The van der Waals surface area contributed by atoms with Gasteiger partial charge in [-0.3, -0.25) is 19.2 Å². The summed E-state index contributed by atoms with van der Waals surface area (Å²) in [5, 5.41) is 0. The molecule has 2 saturated heterocycles. The Bertz CT molecular complexity index is 1510. The molecule has 190 valence electrons. The number of ketones is 2. The molecule has 0 saturated carbocycles. The Morgan fingerprint density at radius 1 is 0.895 bits per heavy atom. The maximum absolute atomic E-state index is 15.0. The average Bonchev–Trinajstić information content (AvgIpc) is 3.49. The molecule has 38 heavy (non-hydrogen) atoms. The molecular weight excluding hydrogens is 493 g/mol. The van der Waals surface area contributed by atoms with Gasteiger partial charge in [-0.25, -0.2) is 14.1 Å². The van der Waals surface area contributed by atoms with Gasteiger partial charge in [0.05, 0.1) is 35.8 Å². The average molecular weight is 513 g/mol. The number of fused-ring (bicyclic) bond motifs is 3. The number of Topliss-reactive ketones (excluding diaryl/α,β-unsaturated/α-hetero) is 2. The van der Waals surface area contributed by atoms with Gasteiger partial charge >= 0.3 is 5.97 Å². The maximum Gasteiger partial charge on any atom is 0.338 e. The third kappa shape index (κ3) is 3.08. The van der Waals surface area contributed by atoms with E-state index in [-0.39, 0.29) is 34.5 Å². The second kappa shape index (κ2) is 8.53. The zero-order valence-electron chi connectivity index (χ0n) is 20.1. The molecule has 3 atom stereocenters. The number of halogens is 1. The first-order chi connectivity index (χ1) is 18.3. The minimum Gasteiger partial charge on any atom is -0.462 e. The number of esters is 1. The Labute approximate surface area is 216 Å². The van der Waals surface area contributed by atoms with Crippen LogP contribution in [0.25, 0.3) is 0 Å². The van der Waals surface area contributed by atoms with E-state index in [1.807, 2.05) is 0 Å². The van der Waals surface area contributed by atoms with E-state index in [0.29, 0.717) is 0 Å². The number of benzene rings is 3. The number of hydrogen-bond acceptors (Lipinski definition) is 7. The van der Waals surface area contributed by atoms with Crippen molar-refractivity contribution in [2.24, 2.45) is 11.8 Å². The minimum atomic E-state index is -2.30. The number of carbonyl (C=O) groups is 5. The van der Waals surface area contributed by atoms with Gasteiger partial charge in [-0.2, -0.15) is 0 Å². The highest BCUT2D eigenvalue weighted by atomic mass is 19.1. The summed E-state index contributed by atoms with van der Waals surface area (Å²) in [6.07, 6.45) is -1.36. The number of amides is 2. The number of anilines is 1. The summed E-state index contributed by atoms with van der Waals surface area (Å²) >= 11 is 0. The Balaban J connectivity index is 1.48. The number of hydrogen-bond donors (Lipinski definition) is 0. The van der Waals surface area contributed by atoms with Crippen LogP contribution in [-0.4, -0.2) is 41.6 Å². The second-order valence-electron chi connectivity index (χ2n) is 9.28. The van der Waals surface area contributed by atoms with E-state index >= 15 is 0 Å². The van der Waals surface area contributed by atoms with Gasteiger partial charge in [0.25, 0.3) is 0 Å². The fraction of sp³-hybridized carbons (Fsp3) is 0.207. The molecule has 2 heterocycles. The number of imide groups is 1. The van der Waals surface area contributed by atoms with Crippen LogP contribution in [0.2, 0.25) is 0 Å². The summed E-state index contributed by atoms with van der Waals surface area (Å²) < 4.78 is 26.0. The lowest BCUT2D eigenvalue weighted by molar-refractivity contribution is -0.127. The van der Waals surface area contributed by atoms with Crippen molar-refractivity contribution in [1.29, 1.82) is 0 Å². The van der Waals surface area contributed by atoms with Gasteiger partial charge in [-0.05, 0) is 37.3 Å². The van der Waals surface area contributed by atoms with Crippen molar-refractivity contribution in [3.8, 4) is 0 Å². The molecule has 0 unspecified atom stereocenters. The zero-order valence-corrected chi connectivity index (χ0v) is 20.1. The van der Waals surface area contributed by atoms with E-state index in [1.165, 1.54) is 54.6 Å². The van der Waals surface area contributed by atoms with Crippen molar-refractivity contribution in [2.45, 2.75) is 18.6 Å². The highest BCUT2D eigenvalue weighted by Gasteiger charge is 2.75. The molecule has 9 heteroatoms. The molecule has 3 aromatic rings. The van der Waals surface area contributed by atoms with Gasteiger partial charge < -0.3 is 9.47 Å². The van der Waals surface area contributed by atoms with Crippen LogP contribution in [0.3, 0.4) is 0 Å². The Hall–Kier alpha value is -4.50. The zero-order chi connectivity index (χ0) is 26.8. The third-order valence-corrected chi connectivity index (χ3v) is 7.37. The molecule has 3 aliphatic rings. The summed E-state index contributed by atoms with van der Waals surface area (Å²) in [5.74, 6) is -7.09. The molecule has 0 N–H and O–H groups in total. The minimum absolute atomic E-state index is 0.0309. The molecule has 3 aromatic carbocycles. The van der Waals surface area contributed by atoms with Gasteiger partial charge in [-0.15, -0.1) is 0 Å². The van der Waals surface area contributed by atoms with E-state index < -0.39 is 58.7 Å². The molecule has 1 spiro atoms. The van der Waals surface area contributed by atoms with Crippen molar-refractivity contribution < 1.29 is 37.8 Å². The quantitative estimate of drug-likeness (QED) is 0.298. The van der Waals surface area contributed by atoms with Crippen LogP contribution in [0, 0.1) is 17.7 Å². The van der Waals surface area contributed by atoms with Gasteiger partial charge in [0.2, 0.25) is 29.0 Å². The predicted octanol–water partition coefficient (Wildman–Crippen LogP) is 3.70. The van der Waals surface area contributed by atoms with Crippen LogP contribution in [0.15, 0.2) is 72.8 Å². The van der Waals surface area contributed by atoms with Gasteiger partial charge in [0.15, 0.2) is 0 Å². The fourth-order valence-corrected chi connectivity index (χ4v) is 5.72. The van der Waals surface area contributed by atoms with Crippen LogP contribution >= 0.6 is 0 Å². The smallest absolute Gasteiger partial charge is 0.338 e. The van der Waals surface area contributed by atoms with E-state index in [1.54, 1.807) is 25.1 Å². The first-order valence-electron chi connectivity index (χ1n) is 12.1. The van der Waals surface area contributed by atoms with E-state index in [0.717, 1.165) is 4.90 Å². The van der Waals surface area contributed by atoms with Crippen molar-refractivity contribution in [3.05, 3.63) is 101 Å². The highest BCUT2D eigenvalue weighted by Crippen LogP contribution is 2.57. The first kappa shape index (κ1) is 23.9. The lowest BCUT2D eigenvalue weighted by atomic mass is 9.77. The van der Waals surface area contributed by atoms with E-state index in [9.17, 15) is 28.4 Å². The number of carbonyl (C=O) groups excluding carboxylic acids is 5. The molecule has 2 fully saturated rings. The summed E-state index contributed by atoms with van der Waals surface area (Å²) in [7, 11) is 0. The number of ether oxygens (including phenoxy) is 2. The monoisotopic (exact) mass is 513 g/mol. The molecular formula is C29H20FNO7. The van der Waals surface area contributed by atoms with Crippen molar-refractivity contribution in [3.63, 3.8) is 0 Å². The van der Waals surface area contributed by atoms with Crippen LogP contribution in [0.5, 0.6) is 0 Å². The molecule has 6 rings (SSSR count). The molecule has 0 radical (unpaired) electrons. The van der Waals surface area contributed by atoms with Crippen LogP contribution in [0.4, 0.5) is 10.1 Å². The molecule has 0 bridgehead atoms. The summed E-state index contributed by atoms with van der Waals surface area (Å²) in [6.45, 7) is 1.84. The van der Waals surface area contributed by atoms with Crippen molar-refractivity contribution in [1.82, 2.24) is 0 Å². The Morgan fingerprint density at radius 2 is 1.50 bits per heavy atom. The molecule has 1 aliphatic carbocycles. The Morgan fingerprint density at radius 3 is 2.11 bits per heavy atom.